The lowest BCUT2D eigenvalue weighted by atomic mass is 10.1. The second-order valence-corrected chi connectivity index (χ2v) is 4.41. The molecule has 18 heavy (non-hydrogen) atoms. The van der Waals surface area contributed by atoms with E-state index in [-0.39, 0.29) is 12.3 Å². The number of carboxylic acid groups (broad SMARTS) is 1. The molecule has 0 saturated carbocycles. The van der Waals surface area contributed by atoms with Crippen LogP contribution in [0.5, 0.6) is 0 Å². The summed E-state index contributed by atoms with van der Waals surface area (Å²) in [7, 11) is 1.92. The molecule has 1 aliphatic rings. The molecule has 0 aliphatic carbocycles. The van der Waals surface area contributed by atoms with Crippen LogP contribution in [0.25, 0.3) is 0 Å². The van der Waals surface area contributed by atoms with Gasteiger partial charge in [-0.15, -0.1) is 0 Å². The fourth-order valence-electron chi connectivity index (χ4n) is 1.72. The predicted octanol–water partition coefficient (Wildman–Crippen LogP) is 1.13. The van der Waals surface area contributed by atoms with Crippen molar-refractivity contribution in [2.75, 3.05) is 20.1 Å². The summed E-state index contributed by atoms with van der Waals surface area (Å²) < 4.78 is 0. The van der Waals surface area contributed by atoms with Crippen LogP contribution in [-0.4, -0.2) is 42.0 Å². The second-order valence-electron chi connectivity index (χ2n) is 4.41. The van der Waals surface area contributed by atoms with Crippen LogP contribution in [0.3, 0.4) is 0 Å². The van der Waals surface area contributed by atoms with Crippen LogP contribution in [0.1, 0.15) is 25.7 Å². The first-order chi connectivity index (χ1) is 8.59. The van der Waals surface area contributed by atoms with Crippen LogP contribution in [0.15, 0.2) is 23.9 Å². The zero-order chi connectivity index (χ0) is 13.4. The number of carboxylic acids is 1. The molecule has 0 fully saturated rings. The summed E-state index contributed by atoms with van der Waals surface area (Å²) in [6.45, 7) is 1.23. The Hall–Kier alpha value is -1.78. The van der Waals surface area contributed by atoms with Gasteiger partial charge in [0.1, 0.15) is 0 Å². The summed E-state index contributed by atoms with van der Waals surface area (Å²) in [6, 6.07) is 0. The Labute approximate surface area is 107 Å². The third kappa shape index (κ3) is 5.52. The van der Waals surface area contributed by atoms with Gasteiger partial charge in [0, 0.05) is 32.1 Å². The SMILES string of the molecule is CN1C=CC=C(C(=O)NCCCCCC(=O)O)C1. The van der Waals surface area contributed by atoms with Crippen LogP contribution < -0.4 is 5.32 Å². The fourth-order valence-corrected chi connectivity index (χ4v) is 1.72. The summed E-state index contributed by atoms with van der Waals surface area (Å²) in [6.07, 6.45) is 8.10. The first-order valence-electron chi connectivity index (χ1n) is 6.17. The van der Waals surface area contributed by atoms with Crippen molar-refractivity contribution in [3.63, 3.8) is 0 Å². The molecule has 0 aromatic rings. The minimum absolute atomic E-state index is 0.0376. The number of nitrogens with one attached hydrogen (secondary N) is 1. The minimum atomic E-state index is -0.763. The van der Waals surface area contributed by atoms with Crippen molar-refractivity contribution < 1.29 is 14.7 Å². The first kappa shape index (κ1) is 14.3. The number of carbonyl (C=O) groups excluding carboxylic acids is 1. The van der Waals surface area contributed by atoms with E-state index in [1.807, 2.05) is 30.3 Å². The lowest BCUT2D eigenvalue weighted by Gasteiger charge is -2.19. The maximum atomic E-state index is 11.8. The molecule has 5 heteroatoms. The number of rotatable bonds is 7. The molecule has 1 amide bonds. The van der Waals surface area contributed by atoms with E-state index in [2.05, 4.69) is 5.32 Å². The second kappa shape index (κ2) is 7.53. The molecule has 2 N–H and O–H groups in total. The Morgan fingerprint density at radius 1 is 1.39 bits per heavy atom. The van der Waals surface area contributed by atoms with E-state index < -0.39 is 5.97 Å². The Morgan fingerprint density at radius 2 is 2.17 bits per heavy atom. The van der Waals surface area contributed by atoms with Gasteiger partial charge < -0.3 is 15.3 Å². The Kier molecular flexibility index (Phi) is 5.97. The summed E-state index contributed by atoms with van der Waals surface area (Å²) in [5, 5.41) is 11.3. The van der Waals surface area contributed by atoms with Crippen molar-refractivity contribution >= 4 is 11.9 Å². The molecule has 1 heterocycles. The zero-order valence-corrected chi connectivity index (χ0v) is 10.7. The van der Waals surface area contributed by atoms with Gasteiger partial charge >= 0.3 is 5.97 Å². The molecule has 0 saturated heterocycles. The summed E-state index contributed by atoms with van der Waals surface area (Å²) in [5.41, 5.74) is 0.755. The average Bonchev–Trinajstić information content (AvgIpc) is 2.33. The van der Waals surface area contributed by atoms with Gasteiger partial charge in [0.2, 0.25) is 5.91 Å². The average molecular weight is 252 g/mol. The van der Waals surface area contributed by atoms with Crippen LogP contribution in [0, 0.1) is 0 Å². The largest absolute Gasteiger partial charge is 0.481 e. The number of hydrogen-bond acceptors (Lipinski definition) is 3. The van der Waals surface area contributed by atoms with E-state index in [0.29, 0.717) is 19.5 Å². The van der Waals surface area contributed by atoms with Crippen LogP contribution in [0.2, 0.25) is 0 Å². The highest BCUT2D eigenvalue weighted by Gasteiger charge is 2.11. The van der Waals surface area contributed by atoms with E-state index in [4.69, 9.17) is 5.11 Å². The summed E-state index contributed by atoms with van der Waals surface area (Å²) >= 11 is 0. The quantitative estimate of drug-likeness (QED) is 0.666. The van der Waals surface area contributed by atoms with Crippen LogP contribution in [0.4, 0.5) is 0 Å². The maximum absolute atomic E-state index is 11.8. The van der Waals surface area contributed by atoms with Gasteiger partial charge in [0.25, 0.3) is 0 Å². The van der Waals surface area contributed by atoms with Crippen molar-refractivity contribution in [3.05, 3.63) is 23.9 Å². The zero-order valence-electron chi connectivity index (χ0n) is 10.7. The Bertz CT molecular complexity index is 361. The third-order valence-corrected chi connectivity index (χ3v) is 2.70. The number of carbonyl (C=O) groups is 2. The number of nitrogens with zero attached hydrogens (tertiary/aromatic N) is 1. The highest BCUT2D eigenvalue weighted by Crippen LogP contribution is 2.05. The number of allylic oxidation sites excluding steroid dienone is 2. The molecule has 100 valence electrons. The topological polar surface area (TPSA) is 69.6 Å². The molecule has 0 spiro atoms. The van der Waals surface area contributed by atoms with Gasteiger partial charge in [-0.1, -0.05) is 12.5 Å². The lowest BCUT2D eigenvalue weighted by Crippen LogP contribution is -2.31. The van der Waals surface area contributed by atoms with E-state index in [0.717, 1.165) is 18.4 Å². The van der Waals surface area contributed by atoms with Gasteiger partial charge in [0.05, 0.1) is 0 Å². The number of unbranched alkanes of at least 4 members (excludes halogenated alkanes) is 2. The van der Waals surface area contributed by atoms with Crippen molar-refractivity contribution in [1.29, 1.82) is 0 Å². The maximum Gasteiger partial charge on any atom is 0.303 e. The molecule has 0 bridgehead atoms. The molecule has 0 unspecified atom stereocenters. The highest BCUT2D eigenvalue weighted by molar-refractivity contribution is 5.94. The van der Waals surface area contributed by atoms with E-state index in [1.54, 1.807) is 0 Å². The summed E-state index contributed by atoms with van der Waals surface area (Å²) in [4.78, 5) is 24.0. The predicted molar refractivity (Wildman–Crippen MR) is 69.0 cm³/mol. The molecule has 0 aromatic heterocycles. The van der Waals surface area contributed by atoms with Gasteiger partial charge in [-0.3, -0.25) is 9.59 Å². The Balaban J connectivity index is 2.12. The van der Waals surface area contributed by atoms with E-state index >= 15 is 0 Å². The van der Waals surface area contributed by atoms with E-state index in [1.165, 1.54) is 0 Å². The smallest absolute Gasteiger partial charge is 0.303 e. The molecular weight excluding hydrogens is 232 g/mol. The highest BCUT2D eigenvalue weighted by atomic mass is 16.4. The van der Waals surface area contributed by atoms with Gasteiger partial charge in [-0.05, 0) is 25.1 Å². The molecule has 0 aromatic carbocycles. The molecular formula is C13H20N2O3. The molecule has 5 nitrogen and oxygen atoms in total. The van der Waals surface area contributed by atoms with Gasteiger partial charge in [0.15, 0.2) is 0 Å². The fraction of sp³-hybridized carbons (Fsp3) is 0.538. The van der Waals surface area contributed by atoms with Crippen molar-refractivity contribution in [1.82, 2.24) is 10.2 Å². The number of amides is 1. The normalized spacial score (nSPS) is 14.3. The number of hydrogen-bond donors (Lipinski definition) is 2. The minimum Gasteiger partial charge on any atom is -0.481 e. The van der Waals surface area contributed by atoms with E-state index in [9.17, 15) is 9.59 Å². The van der Waals surface area contributed by atoms with Gasteiger partial charge in [-0.2, -0.15) is 0 Å². The monoisotopic (exact) mass is 252 g/mol. The third-order valence-electron chi connectivity index (χ3n) is 2.70. The molecule has 0 radical (unpaired) electrons. The number of aliphatic carboxylic acids is 1. The Morgan fingerprint density at radius 3 is 2.83 bits per heavy atom. The lowest BCUT2D eigenvalue weighted by molar-refractivity contribution is -0.137. The summed E-state index contributed by atoms with van der Waals surface area (Å²) in [5.74, 6) is -0.800. The van der Waals surface area contributed by atoms with Crippen molar-refractivity contribution in [2.45, 2.75) is 25.7 Å². The van der Waals surface area contributed by atoms with Gasteiger partial charge in [-0.25, -0.2) is 0 Å². The number of likely N-dealkylation sites (N-methyl/N-ethyl adjacent to an activating group) is 1. The first-order valence-corrected chi connectivity index (χ1v) is 6.17. The van der Waals surface area contributed by atoms with Crippen molar-refractivity contribution in [3.8, 4) is 0 Å². The van der Waals surface area contributed by atoms with Crippen LogP contribution >= 0.6 is 0 Å². The molecule has 1 rings (SSSR count). The molecule has 0 atom stereocenters. The van der Waals surface area contributed by atoms with Crippen molar-refractivity contribution in [2.24, 2.45) is 0 Å². The molecule has 1 aliphatic heterocycles. The van der Waals surface area contributed by atoms with Crippen LogP contribution in [-0.2, 0) is 9.59 Å². The standard InChI is InChI=1S/C13H20N2O3/c1-15-9-5-6-11(10-15)13(18)14-8-4-2-3-7-12(16)17/h5-6,9H,2-4,7-8,10H2,1H3,(H,14,18)(H,16,17).